The molecule has 4 heteroatoms. The molecule has 11 aromatic rings. The highest BCUT2D eigenvalue weighted by Gasteiger charge is 2.23. The van der Waals surface area contributed by atoms with Crippen LogP contribution in [0.5, 0.6) is 0 Å². The number of benzene rings is 8. The van der Waals surface area contributed by atoms with E-state index in [9.17, 15) is 0 Å². The van der Waals surface area contributed by atoms with Crippen molar-refractivity contribution in [2.24, 2.45) is 0 Å². The van der Waals surface area contributed by atoms with E-state index in [-0.39, 0.29) is 0 Å². The van der Waals surface area contributed by atoms with E-state index in [1.165, 1.54) is 26.9 Å². The minimum atomic E-state index is 0.801. The fourth-order valence-corrected chi connectivity index (χ4v) is 7.92. The van der Waals surface area contributed by atoms with E-state index in [0.717, 1.165) is 77.6 Å². The molecule has 0 aliphatic rings. The summed E-state index contributed by atoms with van der Waals surface area (Å²) in [5.41, 5.74) is 9.72. The van der Waals surface area contributed by atoms with Crippen molar-refractivity contribution in [1.82, 2.24) is 14.5 Å². The van der Waals surface area contributed by atoms with Crippen molar-refractivity contribution in [1.29, 1.82) is 0 Å². The van der Waals surface area contributed by atoms with Gasteiger partial charge in [0.25, 0.3) is 0 Å². The van der Waals surface area contributed by atoms with Crippen LogP contribution in [0.3, 0.4) is 0 Å². The Morgan fingerprint density at radius 3 is 1.94 bits per heavy atom. The van der Waals surface area contributed by atoms with Gasteiger partial charge in [0, 0.05) is 38.1 Å². The first-order chi connectivity index (χ1) is 24.8. The van der Waals surface area contributed by atoms with Gasteiger partial charge >= 0.3 is 0 Å². The second-order valence-corrected chi connectivity index (χ2v) is 12.9. The van der Waals surface area contributed by atoms with Crippen molar-refractivity contribution < 1.29 is 4.42 Å². The molecule has 0 radical (unpaired) electrons. The number of rotatable bonds is 3. The van der Waals surface area contributed by atoms with Crippen molar-refractivity contribution >= 4 is 76.3 Å². The van der Waals surface area contributed by atoms with Crippen LogP contribution >= 0.6 is 0 Å². The Bertz CT molecular complexity index is 3150. The Hall–Kier alpha value is -6.78. The predicted molar refractivity (Wildman–Crippen MR) is 207 cm³/mol. The zero-order chi connectivity index (χ0) is 32.8. The van der Waals surface area contributed by atoms with Crippen LogP contribution in [0.15, 0.2) is 168 Å². The third-order valence-electron chi connectivity index (χ3n) is 10.2. The second-order valence-electron chi connectivity index (χ2n) is 12.9. The SMILES string of the molecule is c1ccc(-c2nc3ccccc3nc2-n2c3c(-c4ccc5c(c4)oc4ccc6ccccc6c45)cccc3c3ccc4ccccc4c32)cc1. The third kappa shape index (κ3) is 3.87. The molecule has 0 bridgehead atoms. The topological polar surface area (TPSA) is 43.9 Å². The van der Waals surface area contributed by atoms with Gasteiger partial charge in [-0.15, -0.1) is 0 Å². The molecule has 11 rings (SSSR count). The largest absolute Gasteiger partial charge is 0.456 e. The lowest BCUT2D eigenvalue weighted by molar-refractivity contribution is 0.669. The molecule has 4 nitrogen and oxygen atoms in total. The van der Waals surface area contributed by atoms with Crippen molar-refractivity contribution in [2.45, 2.75) is 0 Å². The monoisotopic (exact) mass is 637 g/mol. The van der Waals surface area contributed by atoms with Crippen LogP contribution in [0, 0.1) is 0 Å². The molecule has 0 atom stereocenters. The first-order valence-corrected chi connectivity index (χ1v) is 16.9. The van der Waals surface area contributed by atoms with Crippen LogP contribution in [-0.2, 0) is 0 Å². The lowest BCUT2D eigenvalue weighted by Gasteiger charge is -2.16. The molecular formula is C46H27N3O. The minimum Gasteiger partial charge on any atom is -0.456 e. The summed E-state index contributed by atoms with van der Waals surface area (Å²) >= 11 is 0. The molecule has 0 fully saturated rings. The van der Waals surface area contributed by atoms with Crippen LogP contribution in [0.2, 0.25) is 0 Å². The molecule has 0 N–H and O–H groups in total. The van der Waals surface area contributed by atoms with Crippen LogP contribution in [0.25, 0.3) is 105 Å². The summed E-state index contributed by atoms with van der Waals surface area (Å²) in [6.07, 6.45) is 0. The van der Waals surface area contributed by atoms with Gasteiger partial charge in [-0.3, -0.25) is 4.57 Å². The van der Waals surface area contributed by atoms with Crippen molar-refractivity contribution in [3.63, 3.8) is 0 Å². The number of hydrogen-bond donors (Lipinski definition) is 0. The molecule has 0 aliphatic carbocycles. The lowest BCUT2D eigenvalue weighted by atomic mass is 9.99. The molecule has 0 amide bonds. The maximum Gasteiger partial charge on any atom is 0.165 e. The normalized spacial score (nSPS) is 12.0. The summed E-state index contributed by atoms with van der Waals surface area (Å²) in [6, 6.07) is 57.6. The predicted octanol–water partition coefficient (Wildman–Crippen LogP) is 12.3. The first-order valence-electron chi connectivity index (χ1n) is 16.9. The lowest BCUT2D eigenvalue weighted by Crippen LogP contribution is -2.04. The fourth-order valence-electron chi connectivity index (χ4n) is 7.92. The number of nitrogens with zero attached hydrogens (tertiary/aromatic N) is 3. The molecule has 232 valence electrons. The Balaban J connectivity index is 1.28. The van der Waals surface area contributed by atoms with Crippen LogP contribution in [0.1, 0.15) is 0 Å². The average molecular weight is 638 g/mol. The van der Waals surface area contributed by atoms with E-state index in [1.54, 1.807) is 0 Å². The smallest absolute Gasteiger partial charge is 0.165 e. The van der Waals surface area contributed by atoms with Gasteiger partial charge in [-0.1, -0.05) is 133 Å². The average Bonchev–Trinajstić information content (AvgIpc) is 3.74. The molecule has 0 saturated heterocycles. The quantitative estimate of drug-likeness (QED) is 0.194. The molecule has 3 heterocycles. The number of hydrogen-bond acceptors (Lipinski definition) is 3. The van der Waals surface area contributed by atoms with E-state index in [0.29, 0.717) is 0 Å². The summed E-state index contributed by atoms with van der Waals surface area (Å²) in [5.74, 6) is 0.801. The molecule has 0 unspecified atom stereocenters. The number of furan rings is 1. The minimum absolute atomic E-state index is 0.801. The van der Waals surface area contributed by atoms with Crippen LogP contribution in [-0.4, -0.2) is 14.5 Å². The summed E-state index contributed by atoms with van der Waals surface area (Å²) in [7, 11) is 0. The van der Waals surface area contributed by atoms with Crippen molar-refractivity contribution in [3.8, 4) is 28.2 Å². The van der Waals surface area contributed by atoms with E-state index in [1.807, 2.05) is 30.3 Å². The summed E-state index contributed by atoms with van der Waals surface area (Å²) in [4.78, 5) is 10.7. The molecule has 0 spiro atoms. The number of fused-ring (bicyclic) bond motifs is 11. The Morgan fingerprint density at radius 1 is 0.420 bits per heavy atom. The van der Waals surface area contributed by atoms with Crippen LogP contribution < -0.4 is 0 Å². The Morgan fingerprint density at radius 2 is 1.08 bits per heavy atom. The molecule has 50 heavy (non-hydrogen) atoms. The first kappa shape index (κ1) is 27.2. The molecule has 3 aromatic heterocycles. The summed E-state index contributed by atoms with van der Waals surface area (Å²) in [6.45, 7) is 0. The van der Waals surface area contributed by atoms with Crippen LogP contribution in [0.4, 0.5) is 0 Å². The van der Waals surface area contributed by atoms with Gasteiger partial charge in [0.15, 0.2) is 5.82 Å². The van der Waals surface area contributed by atoms with E-state index in [4.69, 9.17) is 14.4 Å². The fraction of sp³-hybridized carbons (Fsp3) is 0. The molecule has 0 aliphatic heterocycles. The zero-order valence-corrected chi connectivity index (χ0v) is 26.8. The van der Waals surface area contributed by atoms with Gasteiger partial charge < -0.3 is 4.42 Å². The molecule has 0 saturated carbocycles. The Kier molecular flexibility index (Phi) is 5.63. The molecule has 8 aromatic carbocycles. The van der Waals surface area contributed by atoms with Gasteiger partial charge in [-0.2, -0.15) is 0 Å². The van der Waals surface area contributed by atoms with Gasteiger partial charge in [-0.25, -0.2) is 9.97 Å². The highest BCUT2D eigenvalue weighted by atomic mass is 16.3. The van der Waals surface area contributed by atoms with Gasteiger partial charge in [0.2, 0.25) is 0 Å². The summed E-state index contributed by atoms with van der Waals surface area (Å²) in [5, 5.41) is 9.36. The van der Waals surface area contributed by atoms with E-state index < -0.39 is 0 Å². The maximum absolute atomic E-state index is 6.56. The number of aromatic nitrogens is 3. The second kappa shape index (κ2) is 10.4. The van der Waals surface area contributed by atoms with E-state index >= 15 is 0 Å². The van der Waals surface area contributed by atoms with Gasteiger partial charge in [0.1, 0.15) is 16.9 Å². The Labute approximate surface area is 286 Å². The third-order valence-corrected chi connectivity index (χ3v) is 10.2. The highest BCUT2D eigenvalue weighted by Crippen LogP contribution is 2.44. The van der Waals surface area contributed by atoms with Gasteiger partial charge in [-0.05, 0) is 52.1 Å². The maximum atomic E-state index is 6.56. The zero-order valence-electron chi connectivity index (χ0n) is 26.8. The highest BCUT2D eigenvalue weighted by molar-refractivity contribution is 6.22. The van der Waals surface area contributed by atoms with Gasteiger partial charge in [0.05, 0.1) is 22.1 Å². The number of para-hydroxylation sites is 3. The summed E-state index contributed by atoms with van der Waals surface area (Å²) < 4.78 is 8.92. The standard InChI is InChI=1S/C46H27N3O/c1-2-13-30(14-3-1)43-46(48-39-20-9-8-19-38(39)47-43)49-44-33-16-7-5-12-29(33)21-24-36(44)35-18-10-17-34(45(35)49)31-22-25-37-41(27-31)50-40-26-23-28-11-4-6-15-32(28)42(37)40/h1-27H. The molecular weight excluding hydrogens is 611 g/mol. The van der Waals surface area contributed by atoms with E-state index in [2.05, 4.69) is 138 Å². The van der Waals surface area contributed by atoms with Crippen molar-refractivity contribution in [3.05, 3.63) is 164 Å². The van der Waals surface area contributed by atoms with Crippen molar-refractivity contribution in [2.75, 3.05) is 0 Å².